The molecule has 1 heterocycles. The standard InChI is InChI=1S/C17H24N2O/c1-2-9-18-16-8-5-10-19(17(16)20)15-11-13-6-3-4-7-14(13)12-15/h3-4,6-7,15-16,18H,2,5,8-12H2,1H3. The maximum atomic E-state index is 12.6. The van der Waals surface area contributed by atoms with Gasteiger partial charge < -0.3 is 10.2 Å². The van der Waals surface area contributed by atoms with Gasteiger partial charge in [-0.3, -0.25) is 4.79 Å². The SMILES string of the molecule is CCCNC1CCCN(C2Cc3ccccc3C2)C1=O. The fourth-order valence-electron chi connectivity index (χ4n) is 3.53. The molecule has 0 aromatic heterocycles. The van der Waals surface area contributed by atoms with E-state index in [-0.39, 0.29) is 6.04 Å². The molecule has 1 N–H and O–H groups in total. The maximum Gasteiger partial charge on any atom is 0.239 e. The minimum absolute atomic E-state index is 0.0485. The zero-order valence-corrected chi connectivity index (χ0v) is 12.3. The van der Waals surface area contributed by atoms with E-state index >= 15 is 0 Å². The Morgan fingerprint density at radius 1 is 1.25 bits per heavy atom. The van der Waals surface area contributed by atoms with E-state index in [0.29, 0.717) is 11.9 Å². The Hall–Kier alpha value is -1.35. The van der Waals surface area contributed by atoms with Crippen LogP contribution in [0.5, 0.6) is 0 Å². The van der Waals surface area contributed by atoms with Crippen molar-refractivity contribution in [3.63, 3.8) is 0 Å². The van der Waals surface area contributed by atoms with Gasteiger partial charge in [-0.15, -0.1) is 0 Å². The average Bonchev–Trinajstić information content (AvgIpc) is 2.90. The van der Waals surface area contributed by atoms with Gasteiger partial charge in [0, 0.05) is 12.6 Å². The first-order chi connectivity index (χ1) is 9.79. The Morgan fingerprint density at radius 3 is 2.60 bits per heavy atom. The Morgan fingerprint density at radius 2 is 1.95 bits per heavy atom. The number of fused-ring (bicyclic) bond motifs is 1. The third-order valence-electron chi connectivity index (χ3n) is 4.58. The summed E-state index contributed by atoms with van der Waals surface area (Å²) in [6, 6.07) is 9.04. The lowest BCUT2D eigenvalue weighted by atomic mass is 10.0. The van der Waals surface area contributed by atoms with Gasteiger partial charge in [0.15, 0.2) is 0 Å². The quantitative estimate of drug-likeness (QED) is 0.911. The van der Waals surface area contributed by atoms with Crippen LogP contribution < -0.4 is 5.32 Å². The lowest BCUT2D eigenvalue weighted by Gasteiger charge is -2.37. The third-order valence-corrected chi connectivity index (χ3v) is 4.58. The molecule has 0 spiro atoms. The lowest BCUT2D eigenvalue weighted by Crippen LogP contribution is -2.54. The highest BCUT2D eigenvalue weighted by Gasteiger charge is 2.35. The molecular weight excluding hydrogens is 248 g/mol. The molecule has 3 heteroatoms. The zero-order chi connectivity index (χ0) is 13.9. The number of amides is 1. The van der Waals surface area contributed by atoms with E-state index in [1.807, 2.05) is 0 Å². The van der Waals surface area contributed by atoms with Crippen molar-refractivity contribution in [2.24, 2.45) is 0 Å². The number of piperidine rings is 1. The number of likely N-dealkylation sites (tertiary alicyclic amines) is 1. The first-order valence-electron chi connectivity index (χ1n) is 7.90. The number of nitrogens with one attached hydrogen (secondary N) is 1. The first-order valence-corrected chi connectivity index (χ1v) is 7.90. The Bertz CT molecular complexity index is 461. The summed E-state index contributed by atoms with van der Waals surface area (Å²) in [4.78, 5) is 14.8. The van der Waals surface area contributed by atoms with Gasteiger partial charge in [0.2, 0.25) is 5.91 Å². The van der Waals surface area contributed by atoms with E-state index in [2.05, 4.69) is 41.4 Å². The van der Waals surface area contributed by atoms with Crippen LogP contribution in [0.1, 0.15) is 37.3 Å². The van der Waals surface area contributed by atoms with E-state index in [9.17, 15) is 4.79 Å². The monoisotopic (exact) mass is 272 g/mol. The van der Waals surface area contributed by atoms with Gasteiger partial charge in [-0.25, -0.2) is 0 Å². The summed E-state index contributed by atoms with van der Waals surface area (Å²) in [5, 5.41) is 3.40. The van der Waals surface area contributed by atoms with Crippen LogP contribution in [0.2, 0.25) is 0 Å². The molecule has 1 unspecified atom stereocenters. The van der Waals surface area contributed by atoms with Gasteiger partial charge in [-0.2, -0.15) is 0 Å². The van der Waals surface area contributed by atoms with Crippen LogP contribution in [0, 0.1) is 0 Å². The molecule has 0 radical (unpaired) electrons. The molecule has 2 aliphatic rings. The molecule has 20 heavy (non-hydrogen) atoms. The van der Waals surface area contributed by atoms with Crippen molar-refractivity contribution in [1.29, 1.82) is 0 Å². The molecule has 0 bridgehead atoms. The Labute approximate surface area is 121 Å². The topological polar surface area (TPSA) is 32.3 Å². The summed E-state index contributed by atoms with van der Waals surface area (Å²) in [6.07, 6.45) is 5.26. The maximum absolute atomic E-state index is 12.6. The largest absolute Gasteiger partial charge is 0.338 e. The second-order valence-corrected chi connectivity index (χ2v) is 6.01. The summed E-state index contributed by atoms with van der Waals surface area (Å²) in [7, 11) is 0. The zero-order valence-electron chi connectivity index (χ0n) is 12.3. The molecule has 1 saturated heterocycles. The molecule has 1 aliphatic carbocycles. The summed E-state index contributed by atoms with van der Waals surface area (Å²) < 4.78 is 0. The number of carbonyl (C=O) groups is 1. The predicted octanol–water partition coefficient (Wildman–Crippen LogP) is 2.14. The van der Waals surface area contributed by atoms with E-state index < -0.39 is 0 Å². The second kappa shape index (κ2) is 5.96. The van der Waals surface area contributed by atoms with Crippen molar-refractivity contribution in [2.45, 2.75) is 51.1 Å². The highest BCUT2D eigenvalue weighted by Crippen LogP contribution is 2.27. The average molecular weight is 272 g/mol. The van der Waals surface area contributed by atoms with Gasteiger partial charge in [0.05, 0.1) is 6.04 Å². The summed E-state index contributed by atoms with van der Waals surface area (Å²) >= 11 is 0. The van der Waals surface area contributed by atoms with E-state index in [1.54, 1.807) is 0 Å². The fourth-order valence-corrected chi connectivity index (χ4v) is 3.53. The number of hydrogen-bond donors (Lipinski definition) is 1. The van der Waals surface area contributed by atoms with Crippen LogP contribution >= 0.6 is 0 Å². The van der Waals surface area contributed by atoms with Crippen LogP contribution in [-0.2, 0) is 17.6 Å². The van der Waals surface area contributed by atoms with Crippen molar-refractivity contribution in [1.82, 2.24) is 10.2 Å². The van der Waals surface area contributed by atoms with Crippen LogP contribution in [0.15, 0.2) is 24.3 Å². The number of benzene rings is 1. The summed E-state index contributed by atoms with van der Waals surface area (Å²) in [5.74, 6) is 0.322. The first kappa shape index (κ1) is 13.6. The van der Waals surface area contributed by atoms with Crippen molar-refractivity contribution in [3.05, 3.63) is 35.4 Å². The number of carbonyl (C=O) groups excluding carboxylic acids is 1. The third kappa shape index (κ3) is 2.59. The molecule has 1 fully saturated rings. The number of rotatable bonds is 4. The Kier molecular flexibility index (Phi) is 4.06. The minimum atomic E-state index is 0.0485. The molecule has 1 aromatic rings. The van der Waals surface area contributed by atoms with Crippen molar-refractivity contribution in [2.75, 3.05) is 13.1 Å². The van der Waals surface area contributed by atoms with Crippen molar-refractivity contribution >= 4 is 5.91 Å². The van der Waals surface area contributed by atoms with E-state index in [4.69, 9.17) is 0 Å². The number of hydrogen-bond acceptors (Lipinski definition) is 2. The molecule has 1 amide bonds. The Balaban J connectivity index is 1.67. The fraction of sp³-hybridized carbons (Fsp3) is 0.588. The normalized spacial score (nSPS) is 23.1. The van der Waals surface area contributed by atoms with E-state index in [0.717, 1.165) is 45.2 Å². The molecule has 3 rings (SSSR count). The van der Waals surface area contributed by atoms with Gasteiger partial charge in [-0.1, -0.05) is 31.2 Å². The van der Waals surface area contributed by atoms with Gasteiger partial charge in [0.25, 0.3) is 0 Å². The summed E-state index contributed by atoms with van der Waals surface area (Å²) in [5.41, 5.74) is 2.85. The highest BCUT2D eigenvalue weighted by atomic mass is 16.2. The smallest absolute Gasteiger partial charge is 0.239 e. The number of nitrogens with zero attached hydrogens (tertiary/aromatic N) is 1. The van der Waals surface area contributed by atoms with Crippen LogP contribution in [-0.4, -0.2) is 36.0 Å². The predicted molar refractivity (Wildman–Crippen MR) is 80.7 cm³/mol. The molecule has 0 saturated carbocycles. The lowest BCUT2D eigenvalue weighted by molar-refractivity contribution is -0.138. The minimum Gasteiger partial charge on any atom is -0.338 e. The molecule has 3 nitrogen and oxygen atoms in total. The molecule has 1 atom stereocenters. The molecular formula is C17H24N2O. The van der Waals surface area contributed by atoms with E-state index in [1.165, 1.54) is 11.1 Å². The van der Waals surface area contributed by atoms with Crippen LogP contribution in [0.4, 0.5) is 0 Å². The van der Waals surface area contributed by atoms with Crippen LogP contribution in [0.25, 0.3) is 0 Å². The van der Waals surface area contributed by atoms with Crippen LogP contribution in [0.3, 0.4) is 0 Å². The second-order valence-electron chi connectivity index (χ2n) is 6.01. The van der Waals surface area contributed by atoms with Gasteiger partial charge in [-0.05, 0) is 49.8 Å². The molecule has 1 aliphatic heterocycles. The van der Waals surface area contributed by atoms with Crippen molar-refractivity contribution in [3.8, 4) is 0 Å². The summed E-state index contributed by atoms with van der Waals surface area (Å²) in [6.45, 7) is 4.02. The molecule has 1 aromatic carbocycles. The van der Waals surface area contributed by atoms with Gasteiger partial charge in [0.1, 0.15) is 0 Å². The molecule has 108 valence electrons. The highest BCUT2D eigenvalue weighted by molar-refractivity contribution is 5.83. The van der Waals surface area contributed by atoms with Crippen molar-refractivity contribution < 1.29 is 4.79 Å². The van der Waals surface area contributed by atoms with Gasteiger partial charge >= 0.3 is 0 Å².